The predicted octanol–water partition coefficient (Wildman–Crippen LogP) is 2.14. The zero-order valence-corrected chi connectivity index (χ0v) is 10.3. The van der Waals surface area contributed by atoms with Crippen LogP contribution < -0.4 is 11.1 Å². The zero-order valence-electron chi connectivity index (χ0n) is 10.3. The molecular weight excluding hydrogens is 228 g/mol. The Balaban J connectivity index is 1.93. The number of nitrogen functional groups attached to an aromatic ring is 1. The van der Waals surface area contributed by atoms with Gasteiger partial charge in [-0.25, -0.2) is 0 Å². The van der Waals surface area contributed by atoms with Crippen molar-refractivity contribution in [1.82, 2.24) is 5.32 Å². The zero-order chi connectivity index (χ0) is 13.0. The molecule has 3 N–H and O–H groups in total. The van der Waals surface area contributed by atoms with Crippen molar-refractivity contribution in [3.8, 4) is 0 Å². The minimum Gasteiger partial charge on any atom is -0.469 e. The Bertz CT molecular complexity index is 533. The van der Waals surface area contributed by atoms with Crippen molar-refractivity contribution in [2.45, 2.75) is 13.3 Å². The van der Waals surface area contributed by atoms with Crippen LogP contribution in [0.1, 0.15) is 21.7 Å². The molecule has 1 amide bonds. The maximum atomic E-state index is 11.9. The average molecular weight is 244 g/mol. The van der Waals surface area contributed by atoms with Gasteiger partial charge in [-0.2, -0.15) is 0 Å². The highest BCUT2D eigenvalue weighted by Crippen LogP contribution is 2.13. The smallest absolute Gasteiger partial charge is 0.253 e. The van der Waals surface area contributed by atoms with E-state index in [0.29, 0.717) is 24.2 Å². The largest absolute Gasteiger partial charge is 0.469 e. The van der Waals surface area contributed by atoms with Crippen LogP contribution in [0.15, 0.2) is 41.0 Å². The van der Waals surface area contributed by atoms with Gasteiger partial charge in [-0.3, -0.25) is 4.79 Å². The lowest BCUT2D eigenvalue weighted by Gasteiger charge is -2.07. The lowest BCUT2D eigenvalue weighted by Crippen LogP contribution is -2.26. The Morgan fingerprint density at radius 3 is 2.94 bits per heavy atom. The SMILES string of the molecule is Cc1ccc(N)c(C(=O)NCCc2ccco2)c1. The molecule has 4 nitrogen and oxygen atoms in total. The van der Waals surface area contributed by atoms with Crippen LogP contribution in [-0.4, -0.2) is 12.5 Å². The van der Waals surface area contributed by atoms with E-state index in [1.54, 1.807) is 18.4 Å². The van der Waals surface area contributed by atoms with Crippen LogP contribution in [-0.2, 0) is 6.42 Å². The summed E-state index contributed by atoms with van der Waals surface area (Å²) in [6.45, 7) is 2.46. The number of hydrogen-bond donors (Lipinski definition) is 2. The molecule has 0 fully saturated rings. The Morgan fingerprint density at radius 2 is 2.22 bits per heavy atom. The third-order valence-electron chi connectivity index (χ3n) is 2.69. The highest BCUT2D eigenvalue weighted by atomic mass is 16.3. The van der Waals surface area contributed by atoms with E-state index in [2.05, 4.69) is 5.32 Å². The van der Waals surface area contributed by atoms with Gasteiger partial charge in [0.2, 0.25) is 0 Å². The molecule has 1 aromatic heterocycles. The first-order valence-electron chi connectivity index (χ1n) is 5.83. The van der Waals surface area contributed by atoms with Gasteiger partial charge in [-0.05, 0) is 31.2 Å². The maximum Gasteiger partial charge on any atom is 0.253 e. The van der Waals surface area contributed by atoms with E-state index in [9.17, 15) is 4.79 Å². The van der Waals surface area contributed by atoms with Crippen LogP contribution in [0.3, 0.4) is 0 Å². The summed E-state index contributed by atoms with van der Waals surface area (Å²) in [5, 5.41) is 2.83. The van der Waals surface area contributed by atoms with Crippen LogP contribution >= 0.6 is 0 Å². The van der Waals surface area contributed by atoms with Crippen LogP contribution in [0.2, 0.25) is 0 Å². The Kier molecular flexibility index (Phi) is 3.67. The first kappa shape index (κ1) is 12.2. The monoisotopic (exact) mass is 244 g/mol. The van der Waals surface area contributed by atoms with E-state index in [4.69, 9.17) is 10.2 Å². The Morgan fingerprint density at radius 1 is 1.39 bits per heavy atom. The van der Waals surface area contributed by atoms with E-state index in [0.717, 1.165) is 11.3 Å². The number of benzene rings is 1. The van der Waals surface area contributed by atoms with E-state index >= 15 is 0 Å². The number of furan rings is 1. The summed E-state index contributed by atoms with van der Waals surface area (Å²) >= 11 is 0. The fourth-order valence-corrected chi connectivity index (χ4v) is 1.72. The lowest BCUT2D eigenvalue weighted by atomic mass is 10.1. The van der Waals surface area contributed by atoms with Crippen LogP contribution in [0, 0.1) is 6.92 Å². The number of anilines is 1. The maximum absolute atomic E-state index is 11.9. The second-order valence-electron chi connectivity index (χ2n) is 4.18. The molecule has 0 radical (unpaired) electrons. The fraction of sp³-hybridized carbons (Fsp3) is 0.214. The number of rotatable bonds is 4. The van der Waals surface area contributed by atoms with Gasteiger partial charge in [0.15, 0.2) is 0 Å². The molecule has 0 aliphatic rings. The molecule has 1 heterocycles. The van der Waals surface area contributed by atoms with E-state index in [1.165, 1.54) is 0 Å². The molecule has 0 aliphatic carbocycles. The van der Waals surface area contributed by atoms with Gasteiger partial charge in [-0.1, -0.05) is 11.6 Å². The van der Waals surface area contributed by atoms with Crippen molar-refractivity contribution >= 4 is 11.6 Å². The van der Waals surface area contributed by atoms with Gasteiger partial charge >= 0.3 is 0 Å². The third kappa shape index (κ3) is 2.91. The van der Waals surface area contributed by atoms with Crippen molar-refractivity contribution < 1.29 is 9.21 Å². The number of aryl methyl sites for hydroxylation is 1. The first-order chi connectivity index (χ1) is 8.66. The van der Waals surface area contributed by atoms with E-state index < -0.39 is 0 Å². The summed E-state index contributed by atoms with van der Waals surface area (Å²) in [4.78, 5) is 11.9. The number of carbonyl (C=O) groups excluding carboxylic acids is 1. The minimum absolute atomic E-state index is 0.150. The summed E-state index contributed by atoms with van der Waals surface area (Å²) in [5.74, 6) is 0.704. The molecule has 2 rings (SSSR count). The lowest BCUT2D eigenvalue weighted by molar-refractivity contribution is 0.0954. The Labute approximate surface area is 106 Å². The second-order valence-corrected chi connectivity index (χ2v) is 4.18. The van der Waals surface area contributed by atoms with E-state index in [1.807, 2.05) is 25.1 Å². The second kappa shape index (κ2) is 5.40. The molecule has 1 aromatic carbocycles. The number of carbonyl (C=O) groups is 1. The minimum atomic E-state index is -0.150. The standard InChI is InChI=1S/C14H16N2O2/c1-10-4-5-13(15)12(9-10)14(17)16-7-6-11-3-2-8-18-11/h2-5,8-9H,6-7,15H2,1H3,(H,16,17). The third-order valence-corrected chi connectivity index (χ3v) is 2.69. The number of nitrogens with one attached hydrogen (secondary N) is 1. The predicted molar refractivity (Wildman–Crippen MR) is 70.3 cm³/mol. The van der Waals surface area contributed by atoms with Crippen molar-refractivity contribution in [2.75, 3.05) is 12.3 Å². The summed E-state index contributed by atoms with van der Waals surface area (Å²) in [6.07, 6.45) is 2.29. The van der Waals surface area contributed by atoms with Gasteiger partial charge in [0.25, 0.3) is 5.91 Å². The molecule has 4 heteroatoms. The molecule has 2 aromatic rings. The molecule has 0 unspecified atom stereocenters. The number of amides is 1. The molecule has 94 valence electrons. The Hall–Kier alpha value is -2.23. The molecule has 0 bridgehead atoms. The summed E-state index contributed by atoms with van der Waals surface area (Å²) in [6, 6.07) is 9.13. The van der Waals surface area contributed by atoms with Crippen LogP contribution in [0.5, 0.6) is 0 Å². The molecule has 0 saturated carbocycles. The van der Waals surface area contributed by atoms with Crippen LogP contribution in [0.4, 0.5) is 5.69 Å². The van der Waals surface area contributed by atoms with Crippen molar-refractivity contribution in [3.63, 3.8) is 0 Å². The highest BCUT2D eigenvalue weighted by molar-refractivity contribution is 5.99. The quantitative estimate of drug-likeness (QED) is 0.810. The number of nitrogens with two attached hydrogens (primary N) is 1. The first-order valence-corrected chi connectivity index (χ1v) is 5.83. The van der Waals surface area contributed by atoms with E-state index in [-0.39, 0.29) is 5.91 Å². The van der Waals surface area contributed by atoms with Gasteiger partial charge in [0.05, 0.1) is 11.8 Å². The fourth-order valence-electron chi connectivity index (χ4n) is 1.72. The molecule has 0 aliphatic heterocycles. The highest BCUT2D eigenvalue weighted by Gasteiger charge is 2.09. The molecule has 0 saturated heterocycles. The van der Waals surface area contributed by atoms with Crippen LogP contribution in [0.25, 0.3) is 0 Å². The molecule has 18 heavy (non-hydrogen) atoms. The summed E-state index contributed by atoms with van der Waals surface area (Å²) in [7, 11) is 0. The van der Waals surface area contributed by atoms with Gasteiger partial charge in [-0.15, -0.1) is 0 Å². The normalized spacial score (nSPS) is 10.3. The molecular formula is C14H16N2O2. The molecule has 0 spiro atoms. The van der Waals surface area contributed by atoms with Gasteiger partial charge in [0, 0.05) is 18.7 Å². The number of hydrogen-bond acceptors (Lipinski definition) is 3. The van der Waals surface area contributed by atoms with Gasteiger partial charge in [0.1, 0.15) is 5.76 Å². The summed E-state index contributed by atoms with van der Waals surface area (Å²) < 4.78 is 5.19. The van der Waals surface area contributed by atoms with Gasteiger partial charge < -0.3 is 15.5 Å². The topological polar surface area (TPSA) is 68.3 Å². The van der Waals surface area contributed by atoms with Crippen molar-refractivity contribution in [3.05, 3.63) is 53.5 Å². The average Bonchev–Trinajstić information content (AvgIpc) is 2.85. The molecule has 0 atom stereocenters. The van der Waals surface area contributed by atoms with Crippen molar-refractivity contribution in [1.29, 1.82) is 0 Å². The van der Waals surface area contributed by atoms with Crippen molar-refractivity contribution in [2.24, 2.45) is 0 Å². The summed E-state index contributed by atoms with van der Waals surface area (Å²) in [5.41, 5.74) is 7.81.